The molecule has 0 aromatic heterocycles. The van der Waals surface area contributed by atoms with Crippen LogP contribution in [0.5, 0.6) is 0 Å². The Morgan fingerprint density at radius 3 is 2.00 bits per heavy atom. The number of nitrogens with zero attached hydrogens (tertiary/aromatic N) is 3. The van der Waals surface area contributed by atoms with Crippen molar-refractivity contribution in [3.63, 3.8) is 0 Å². The van der Waals surface area contributed by atoms with Crippen LogP contribution in [0, 0.1) is 22.7 Å². The summed E-state index contributed by atoms with van der Waals surface area (Å²) in [7, 11) is 2.60. The zero-order chi connectivity index (χ0) is 17.3. The van der Waals surface area contributed by atoms with Gasteiger partial charge >= 0.3 is 0 Å². The number of hydrogen-bond acceptors (Lipinski definition) is 3. The first kappa shape index (κ1) is 18.0. The summed E-state index contributed by atoms with van der Waals surface area (Å²) in [6, 6.07) is 3.77. The van der Waals surface area contributed by atoms with Gasteiger partial charge < -0.3 is 4.99 Å². The Hall–Kier alpha value is -1.01. The highest BCUT2D eigenvalue weighted by molar-refractivity contribution is 7.92. The van der Waals surface area contributed by atoms with Gasteiger partial charge in [-0.25, -0.2) is 0 Å². The Bertz CT molecular complexity index is 404. The normalized spacial score (nSPS) is 9.53. The van der Waals surface area contributed by atoms with E-state index in [1.165, 1.54) is 5.57 Å². The Balaban J connectivity index is -0.000000334. The van der Waals surface area contributed by atoms with Crippen LogP contribution in [0.1, 0.15) is 40.5 Å². The molecule has 0 bridgehead atoms. The van der Waals surface area contributed by atoms with E-state index in [1.54, 1.807) is 13.3 Å². The van der Waals surface area contributed by atoms with Crippen molar-refractivity contribution < 1.29 is 0 Å². The molecule has 3 nitrogen and oxygen atoms in total. The van der Waals surface area contributed by atoms with Crippen LogP contribution >= 0.6 is 17.7 Å². The lowest BCUT2D eigenvalue weighted by atomic mass is 10.1. The Morgan fingerprint density at radius 1 is 1.32 bits per heavy atom. The third kappa shape index (κ3) is 19.5. The van der Waals surface area contributed by atoms with Crippen molar-refractivity contribution >= 4 is 24.0 Å². The topological polar surface area (TPSA) is 59.9 Å². The molecule has 19 heavy (non-hydrogen) atoms. The van der Waals surface area contributed by atoms with Crippen LogP contribution in [0.4, 0.5) is 0 Å². The van der Waals surface area contributed by atoms with Crippen molar-refractivity contribution in [1.82, 2.24) is 0 Å². The summed E-state index contributed by atoms with van der Waals surface area (Å²) < 4.78 is 12.6. The summed E-state index contributed by atoms with van der Waals surface area (Å²) in [5.41, 5.74) is 2.40. The van der Waals surface area contributed by atoms with E-state index < -0.39 is 8.82 Å². The first-order valence-corrected chi connectivity index (χ1v) is 7.85. The smallest absolute Gasteiger partial charge is 0.128 e. The molecule has 0 heterocycles. The monoisotopic (exact) mass is 301 g/mol. The van der Waals surface area contributed by atoms with Crippen LogP contribution in [0.3, 0.4) is 0 Å². The minimum atomic E-state index is -1.20. The molecule has 0 saturated carbocycles. The van der Waals surface area contributed by atoms with E-state index in [0.29, 0.717) is 0 Å². The maximum Gasteiger partial charge on any atom is 0.128 e. The molecule has 5 heteroatoms. The summed E-state index contributed by atoms with van der Waals surface area (Å²) >= 11 is 0. The van der Waals surface area contributed by atoms with Crippen molar-refractivity contribution in [2.24, 2.45) is 4.99 Å². The van der Waals surface area contributed by atoms with Crippen molar-refractivity contribution in [2.75, 3.05) is 7.05 Å². The molecular weight excluding hydrogens is 272 g/mol. The minimum Gasteiger partial charge on any atom is -0.301 e. The second-order valence-corrected chi connectivity index (χ2v) is 3.72. The number of allylic oxidation sites excluding steroid dienone is 4. The van der Waals surface area contributed by atoms with Gasteiger partial charge in [0.15, 0.2) is 0 Å². The van der Waals surface area contributed by atoms with E-state index in [9.17, 15) is 0 Å². The second-order valence-electron chi connectivity index (χ2n) is 3.72. The van der Waals surface area contributed by atoms with E-state index in [2.05, 4.69) is 20.0 Å². The van der Waals surface area contributed by atoms with E-state index in [1.807, 2.05) is 39.8 Å². The zero-order valence-corrected chi connectivity index (χ0v) is 14.5. The van der Waals surface area contributed by atoms with Crippen LogP contribution in [0.15, 0.2) is 27.8 Å². The van der Waals surface area contributed by atoms with Gasteiger partial charge in [0.2, 0.25) is 0 Å². The Kier molecular flexibility index (Phi) is 18.3. The van der Waals surface area contributed by atoms with Crippen molar-refractivity contribution in [3.8, 4) is 12.1 Å². The maximum absolute atomic E-state index is 8.56. The standard InChI is InChI=1S/C11H14N2.C3H7N.H4P2/c1-9(2)5-4-6-10(3)11(7-12)8-13;1-3-4-2;1-2/h5H,4,6H2,1-3H3;3H,1-2H3;1-2H2/i;;1T2. The van der Waals surface area contributed by atoms with Gasteiger partial charge in [-0.1, -0.05) is 11.6 Å². The predicted molar refractivity (Wildman–Crippen MR) is 92.1 cm³/mol. The Labute approximate surface area is 125 Å². The molecule has 0 radical (unpaired) electrons. The van der Waals surface area contributed by atoms with E-state index in [-0.39, 0.29) is 5.57 Å². The van der Waals surface area contributed by atoms with Gasteiger partial charge in [-0.15, -0.1) is 17.7 Å². The highest BCUT2D eigenvalue weighted by Crippen LogP contribution is 2.10. The minimum absolute atomic E-state index is 0.252. The summed E-state index contributed by atoms with van der Waals surface area (Å²) in [6.45, 7) is 7.80. The SMILES string of the molecule is CC(C)=CCCC(C)=C(C#N)C#N.CC=NC.[3H]P([3H])P. The number of hydrogen-bond donors (Lipinski definition) is 0. The van der Waals surface area contributed by atoms with Crippen LogP contribution in [0.25, 0.3) is 0 Å². The lowest BCUT2D eigenvalue weighted by molar-refractivity contribution is 0.960. The van der Waals surface area contributed by atoms with Gasteiger partial charge in [-0.05, 0) is 52.3 Å². The molecule has 0 N–H and O–H groups in total. The van der Waals surface area contributed by atoms with Gasteiger partial charge in [0, 0.05) is 7.05 Å². The van der Waals surface area contributed by atoms with Gasteiger partial charge in [0.05, 0.1) is 2.56 Å². The summed E-state index contributed by atoms with van der Waals surface area (Å²) in [5, 5.41) is 17.1. The average molecular weight is 301 g/mol. The molecule has 0 aromatic carbocycles. The van der Waals surface area contributed by atoms with E-state index in [4.69, 9.17) is 13.1 Å². The van der Waals surface area contributed by atoms with Crippen molar-refractivity contribution in [1.29, 1.82) is 13.1 Å². The number of aliphatic imine (C=N–C) groups is 1. The van der Waals surface area contributed by atoms with E-state index in [0.717, 1.165) is 18.4 Å². The molecular formula is C14H25N3P2. The molecule has 0 amide bonds. The largest absolute Gasteiger partial charge is 0.301 e. The Morgan fingerprint density at radius 2 is 1.74 bits per heavy atom. The van der Waals surface area contributed by atoms with E-state index >= 15 is 0 Å². The van der Waals surface area contributed by atoms with Crippen molar-refractivity contribution in [3.05, 3.63) is 22.8 Å². The van der Waals surface area contributed by atoms with Crippen LogP contribution in [-0.4, -0.2) is 15.8 Å². The highest BCUT2D eigenvalue weighted by Gasteiger charge is 1.98. The quantitative estimate of drug-likeness (QED) is 0.334. The first-order chi connectivity index (χ1) is 9.76. The molecule has 0 aliphatic heterocycles. The molecule has 0 aliphatic rings. The third-order valence-corrected chi connectivity index (χ3v) is 1.98. The second kappa shape index (κ2) is 19.3. The highest BCUT2D eigenvalue weighted by atomic mass is 32.0. The van der Waals surface area contributed by atoms with Crippen LogP contribution < -0.4 is 0 Å². The molecule has 0 spiro atoms. The fourth-order valence-corrected chi connectivity index (χ4v) is 0.918. The summed E-state index contributed by atoms with van der Waals surface area (Å²) in [6.07, 6.45) is 5.55. The van der Waals surface area contributed by atoms with Gasteiger partial charge in [0.25, 0.3) is 0 Å². The maximum atomic E-state index is 8.56. The van der Waals surface area contributed by atoms with Gasteiger partial charge in [0.1, 0.15) is 17.7 Å². The van der Waals surface area contributed by atoms with Crippen LogP contribution in [-0.2, 0) is 0 Å². The molecule has 106 valence electrons. The molecule has 0 saturated heterocycles. The first-order valence-electron chi connectivity index (χ1n) is 6.68. The molecule has 1 atom stereocenters. The molecule has 0 rings (SSSR count). The lowest BCUT2D eigenvalue weighted by Gasteiger charge is -1.97. The van der Waals surface area contributed by atoms with Gasteiger partial charge in [-0.3, -0.25) is 0 Å². The van der Waals surface area contributed by atoms with Crippen LogP contribution in [0.2, 0.25) is 0 Å². The summed E-state index contributed by atoms with van der Waals surface area (Å²) in [4.78, 5) is 3.61. The fraction of sp³-hybridized carbons (Fsp3) is 0.500. The molecule has 1 unspecified atom stereocenters. The summed E-state index contributed by atoms with van der Waals surface area (Å²) in [5.74, 6) is 0. The average Bonchev–Trinajstić information content (AvgIpc) is 2.39. The zero-order valence-electron chi connectivity index (χ0n) is 14.4. The number of nitriles is 2. The fourth-order valence-electron chi connectivity index (χ4n) is 0.918. The predicted octanol–water partition coefficient (Wildman–Crippen LogP) is 4.45. The third-order valence-electron chi connectivity index (χ3n) is 1.98. The van der Waals surface area contributed by atoms with Crippen molar-refractivity contribution in [2.45, 2.75) is 40.5 Å². The molecule has 0 fully saturated rings. The number of rotatable bonds is 3. The lowest BCUT2D eigenvalue weighted by Crippen LogP contribution is -1.83. The molecule has 0 aromatic rings. The molecule has 0 aliphatic carbocycles. The van der Waals surface area contributed by atoms with Gasteiger partial charge in [-0.2, -0.15) is 10.5 Å².